The summed E-state index contributed by atoms with van der Waals surface area (Å²) in [4.78, 5) is 27.4. The van der Waals surface area contributed by atoms with Crippen LogP contribution in [-0.4, -0.2) is 14.1 Å². The van der Waals surface area contributed by atoms with Crippen molar-refractivity contribution in [2.75, 3.05) is 0 Å². The van der Waals surface area contributed by atoms with Crippen molar-refractivity contribution in [2.24, 2.45) is 7.05 Å². The van der Waals surface area contributed by atoms with Crippen LogP contribution in [0.1, 0.15) is 5.69 Å². The van der Waals surface area contributed by atoms with E-state index < -0.39 is 0 Å². The van der Waals surface area contributed by atoms with E-state index in [4.69, 9.17) is 11.6 Å². The summed E-state index contributed by atoms with van der Waals surface area (Å²) in [6.07, 6.45) is 2.97. The van der Waals surface area contributed by atoms with E-state index >= 15 is 0 Å². The van der Waals surface area contributed by atoms with Crippen LogP contribution in [0.3, 0.4) is 0 Å². The van der Waals surface area contributed by atoms with Gasteiger partial charge in [-0.2, -0.15) is 0 Å². The average Bonchev–Trinajstić information content (AvgIpc) is 2.30. The number of nitrogens with zero attached hydrogens (tertiary/aromatic N) is 3. The average molecular weight is 252 g/mol. The molecule has 0 N–H and O–H groups in total. The van der Waals surface area contributed by atoms with Gasteiger partial charge in [-0.3, -0.25) is 14.3 Å². The predicted octanol–water partition coefficient (Wildman–Crippen LogP) is 0.644. The number of pyridine rings is 1. The third-order valence-corrected chi connectivity index (χ3v) is 2.57. The van der Waals surface area contributed by atoms with Crippen LogP contribution < -0.4 is 11.2 Å². The second kappa shape index (κ2) is 4.55. The molecule has 0 aliphatic rings. The Bertz CT molecular complexity index is 660. The van der Waals surface area contributed by atoms with E-state index in [0.29, 0.717) is 10.7 Å². The minimum Gasteiger partial charge on any atom is -0.303 e. The zero-order chi connectivity index (χ0) is 12.4. The number of halogens is 1. The van der Waals surface area contributed by atoms with Gasteiger partial charge < -0.3 is 4.57 Å². The van der Waals surface area contributed by atoms with Gasteiger partial charge in [0.15, 0.2) is 0 Å². The molecular formula is C11H10ClN3O2. The normalized spacial score (nSPS) is 10.5. The van der Waals surface area contributed by atoms with Crippen molar-refractivity contribution in [2.45, 2.75) is 6.54 Å². The second-order valence-electron chi connectivity index (χ2n) is 3.60. The van der Waals surface area contributed by atoms with Crippen molar-refractivity contribution >= 4 is 11.6 Å². The molecule has 0 saturated heterocycles. The van der Waals surface area contributed by atoms with E-state index in [0.717, 1.165) is 4.57 Å². The van der Waals surface area contributed by atoms with Crippen LogP contribution in [0.15, 0.2) is 40.2 Å². The third kappa shape index (κ3) is 2.45. The molecule has 0 aromatic carbocycles. The Morgan fingerprint density at radius 3 is 2.82 bits per heavy atom. The molecule has 0 radical (unpaired) electrons. The predicted molar refractivity (Wildman–Crippen MR) is 64.3 cm³/mol. The van der Waals surface area contributed by atoms with Crippen LogP contribution in [0.25, 0.3) is 0 Å². The van der Waals surface area contributed by atoms with Crippen LogP contribution >= 0.6 is 11.6 Å². The molecule has 6 heteroatoms. The maximum atomic E-state index is 11.7. The van der Waals surface area contributed by atoms with E-state index in [1.165, 1.54) is 23.0 Å². The highest BCUT2D eigenvalue weighted by Crippen LogP contribution is 2.07. The Balaban J connectivity index is 2.47. The summed E-state index contributed by atoms with van der Waals surface area (Å²) < 4.78 is 2.45. The molecule has 0 aliphatic heterocycles. The number of aromatic nitrogens is 3. The topological polar surface area (TPSA) is 56.9 Å². The van der Waals surface area contributed by atoms with Gasteiger partial charge in [0.05, 0.1) is 12.2 Å². The van der Waals surface area contributed by atoms with E-state index in [1.54, 1.807) is 19.2 Å². The Morgan fingerprint density at radius 2 is 2.12 bits per heavy atom. The minimum absolute atomic E-state index is 0.118. The van der Waals surface area contributed by atoms with Gasteiger partial charge in [-0.25, -0.2) is 4.79 Å². The largest absolute Gasteiger partial charge is 0.331 e. The number of hydrogen-bond acceptors (Lipinski definition) is 3. The van der Waals surface area contributed by atoms with Crippen molar-refractivity contribution in [1.29, 1.82) is 0 Å². The van der Waals surface area contributed by atoms with Gasteiger partial charge >= 0.3 is 5.69 Å². The van der Waals surface area contributed by atoms with Gasteiger partial charge in [-0.1, -0.05) is 11.6 Å². The molecule has 0 bridgehead atoms. The summed E-state index contributed by atoms with van der Waals surface area (Å²) >= 11 is 5.81. The maximum Gasteiger partial charge on any atom is 0.331 e. The molecule has 0 amide bonds. The first-order valence-corrected chi connectivity index (χ1v) is 5.32. The van der Waals surface area contributed by atoms with Crippen LogP contribution in [0.5, 0.6) is 0 Å². The smallest absolute Gasteiger partial charge is 0.303 e. The summed E-state index contributed by atoms with van der Waals surface area (Å²) in [6, 6.07) is 4.60. The van der Waals surface area contributed by atoms with Crippen LogP contribution in [-0.2, 0) is 13.6 Å². The zero-order valence-corrected chi connectivity index (χ0v) is 9.89. The van der Waals surface area contributed by atoms with E-state index in [9.17, 15) is 9.59 Å². The van der Waals surface area contributed by atoms with E-state index in [1.807, 2.05) is 0 Å². The zero-order valence-electron chi connectivity index (χ0n) is 9.13. The fourth-order valence-corrected chi connectivity index (χ4v) is 1.64. The third-order valence-electron chi connectivity index (χ3n) is 2.34. The summed E-state index contributed by atoms with van der Waals surface area (Å²) in [6.45, 7) is 0.118. The van der Waals surface area contributed by atoms with Crippen molar-refractivity contribution in [1.82, 2.24) is 14.1 Å². The Kier molecular flexibility index (Phi) is 3.10. The van der Waals surface area contributed by atoms with Crippen LogP contribution in [0, 0.1) is 0 Å². The molecular weight excluding hydrogens is 242 g/mol. The van der Waals surface area contributed by atoms with Gasteiger partial charge in [0, 0.05) is 30.5 Å². The molecule has 0 aliphatic carbocycles. The molecule has 5 nitrogen and oxygen atoms in total. The van der Waals surface area contributed by atoms with Crippen molar-refractivity contribution in [3.63, 3.8) is 0 Å². The van der Waals surface area contributed by atoms with Crippen molar-refractivity contribution in [3.05, 3.63) is 62.1 Å². The lowest BCUT2D eigenvalue weighted by Gasteiger charge is -2.05. The maximum absolute atomic E-state index is 11.7. The molecule has 2 heterocycles. The van der Waals surface area contributed by atoms with Gasteiger partial charge in [0.2, 0.25) is 0 Å². The lowest BCUT2D eigenvalue weighted by atomic mass is 10.3. The van der Waals surface area contributed by atoms with Gasteiger partial charge in [0.1, 0.15) is 0 Å². The highest BCUT2D eigenvalue weighted by atomic mass is 35.5. The van der Waals surface area contributed by atoms with Gasteiger partial charge in [-0.05, 0) is 12.1 Å². The van der Waals surface area contributed by atoms with Crippen LogP contribution in [0.2, 0.25) is 5.02 Å². The standard InChI is InChI=1S/C11H10ClN3O2/c1-14-5-3-10(16)15(11(14)17)7-9-6-8(12)2-4-13-9/h2-6H,7H2,1H3. The number of aryl methyl sites for hydroxylation is 1. The lowest BCUT2D eigenvalue weighted by Crippen LogP contribution is -2.38. The Labute approximate surface area is 102 Å². The summed E-state index contributed by atoms with van der Waals surface area (Å²) in [7, 11) is 1.59. The number of rotatable bonds is 2. The van der Waals surface area contributed by atoms with Gasteiger partial charge in [-0.15, -0.1) is 0 Å². The fourth-order valence-electron chi connectivity index (χ4n) is 1.46. The summed E-state index contributed by atoms with van der Waals surface area (Å²) in [5, 5.41) is 0.524. The monoisotopic (exact) mass is 251 g/mol. The Morgan fingerprint density at radius 1 is 1.35 bits per heavy atom. The van der Waals surface area contributed by atoms with E-state index in [-0.39, 0.29) is 17.8 Å². The quantitative estimate of drug-likeness (QED) is 0.787. The van der Waals surface area contributed by atoms with Crippen LogP contribution in [0.4, 0.5) is 0 Å². The first kappa shape index (κ1) is 11.6. The molecule has 0 atom stereocenters. The Hall–Kier alpha value is -1.88. The molecule has 0 spiro atoms. The highest BCUT2D eigenvalue weighted by Gasteiger charge is 2.05. The van der Waals surface area contributed by atoms with Gasteiger partial charge in [0.25, 0.3) is 5.56 Å². The fraction of sp³-hybridized carbons (Fsp3) is 0.182. The number of hydrogen-bond donors (Lipinski definition) is 0. The lowest BCUT2D eigenvalue weighted by molar-refractivity contribution is 0.631. The molecule has 88 valence electrons. The molecule has 0 fully saturated rings. The second-order valence-corrected chi connectivity index (χ2v) is 4.04. The molecule has 17 heavy (non-hydrogen) atoms. The molecule has 0 unspecified atom stereocenters. The highest BCUT2D eigenvalue weighted by molar-refractivity contribution is 6.30. The van der Waals surface area contributed by atoms with Crippen molar-refractivity contribution < 1.29 is 0 Å². The van der Waals surface area contributed by atoms with E-state index in [2.05, 4.69) is 4.98 Å². The minimum atomic E-state index is -0.376. The van der Waals surface area contributed by atoms with Crippen molar-refractivity contribution in [3.8, 4) is 0 Å². The summed E-state index contributed by atoms with van der Waals surface area (Å²) in [5.41, 5.74) is -0.156. The first-order chi connectivity index (χ1) is 8.08. The molecule has 2 rings (SSSR count). The first-order valence-electron chi connectivity index (χ1n) is 4.95. The molecule has 0 saturated carbocycles. The SMILES string of the molecule is Cn1ccc(=O)n(Cc2cc(Cl)ccn2)c1=O. The molecule has 2 aromatic heterocycles. The summed E-state index contributed by atoms with van der Waals surface area (Å²) in [5.74, 6) is 0. The molecule has 2 aromatic rings.